The number of rotatable bonds is 3. The number of aliphatic carboxylic acids is 1. The molecule has 1 aromatic heterocycles. The van der Waals surface area contributed by atoms with E-state index in [9.17, 15) is 22.8 Å². The van der Waals surface area contributed by atoms with E-state index >= 15 is 0 Å². The maximum absolute atomic E-state index is 13.0. The third kappa shape index (κ3) is 2.95. The maximum atomic E-state index is 13.0. The Bertz CT molecular complexity index is 796. The average molecular weight is 314 g/mol. The summed E-state index contributed by atoms with van der Waals surface area (Å²) in [6.07, 6.45) is -4.55. The molecule has 22 heavy (non-hydrogen) atoms. The molecule has 1 unspecified atom stereocenters. The quantitative estimate of drug-likeness (QED) is 0.944. The molecule has 2 rings (SSSR count). The smallest absolute Gasteiger partial charge is 0.397 e. The lowest BCUT2D eigenvalue weighted by Gasteiger charge is -2.18. The first-order chi connectivity index (χ1) is 10.1. The van der Waals surface area contributed by atoms with Crippen LogP contribution in [0.25, 0.3) is 10.8 Å². The number of benzene rings is 1. The van der Waals surface area contributed by atoms with Crippen LogP contribution in [0, 0.1) is 6.92 Å². The first-order valence-corrected chi connectivity index (χ1v) is 6.41. The normalized spacial score (nSPS) is 13.3. The first kappa shape index (κ1) is 16.0. The van der Waals surface area contributed by atoms with Crippen LogP contribution < -0.4 is 5.56 Å². The molecule has 8 heteroatoms. The topological polar surface area (TPSA) is 72.2 Å². The molecule has 0 aliphatic heterocycles. The van der Waals surface area contributed by atoms with Gasteiger partial charge in [-0.1, -0.05) is 11.6 Å². The highest BCUT2D eigenvalue weighted by Crippen LogP contribution is 2.35. The highest BCUT2D eigenvalue weighted by atomic mass is 19.4. The van der Waals surface area contributed by atoms with E-state index in [1.807, 2.05) is 0 Å². The molecular formula is C14H13F3N2O3. The summed E-state index contributed by atoms with van der Waals surface area (Å²) in [5.41, 5.74) is -0.400. The molecule has 1 N–H and O–H groups in total. The number of hydrogen-bond acceptors (Lipinski definition) is 3. The summed E-state index contributed by atoms with van der Waals surface area (Å²) in [6, 6.07) is 4.42. The third-order valence-electron chi connectivity index (χ3n) is 3.33. The zero-order valence-corrected chi connectivity index (χ0v) is 11.8. The van der Waals surface area contributed by atoms with E-state index in [2.05, 4.69) is 5.10 Å². The molecule has 0 spiro atoms. The second kappa shape index (κ2) is 5.43. The molecule has 1 aromatic carbocycles. The van der Waals surface area contributed by atoms with Gasteiger partial charge in [0.15, 0.2) is 0 Å². The maximum Gasteiger partial charge on any atom is 0.397 e. The molecule has 1 heterocycles. The van der Waals surface area contributed by atoms with Gasteiger partial charge in [-0.2, -0.15) is 18.3 Å². The van der Waals surface area contributed by atoms with Crippen molar-refractivity contribution in [2.75, 3.05) is 0 Å². The van der Waals surface area contributed by atoms with E-state index in [-0.39, 0.29) is 16.5 Å². The molecule has 0 aliphatic rings. The molecule has 1 atom stereocenters. The van der Waals surface area contributed by atoms with Crippen LogP contribution in [0.1, 0.15) is 24.1 Å². The van der Waals surface area contributed by atoms with Gasteiger partial charge in [-0.3, -0.25) is 9.59 Å². The fourth-order valence-corrected chi connectivity index (χ4v) is 2.14. The van der Waals surface area contributed by atoms with Gasteiger partial charge in [-0.05, 0) is 26.0 Å². The number of aromatic nitrogens is 2. The Hall–Kier alpha value is -2.38. The molecule has 0 saturated heterocycles. The van der Waals surface area contributed by atoms with Crippen molar-refractivity contribution in [3.63, 3.8) is 0 Å². The molecular weight excluding hydrogens is 301 g/mol. The van der Waals surface area contributed by atoms with Gasteiger partial charge in [0, 0.05) is 5.39 Å². The van der Waals surface area contributed by atoms with Gasteiger partial charge in [0.05, 0.1) is 17.0 Å². The largest absolute Gasteiger partial charge is 0.480 e. The van der Waals surface area contributed by atoms with Gasteiger partial charge >= 0.3 is 12.1 Å². The van der Waals surface area contributed by atoms with Crippen molar-refractivity contribution >= 4 is 16.7 Å². The Morgan fingerprint density at radius 3 is 2.55 bits per heavy atom. The van der Waals surface area contributed by atoms with Crippen molar-refractivity contribution < 1.29 is 23.1 Å². The van der Waals surface area contributed by atoms with E-state index in [1.165, 1.54) is 12.1 Å². The number of hydrogen-bond donors (Lipinski definition) is 1. The van der Waals surface area contributed by atoms with E-state index < -0.39 is 30.2 Å². The lowest BCUT2D eigenvalue weighted by atomic mass is 9.99. The van der Waals surface area contributed by atoms with Crippen molar-refractivity contribution in [2.24, 2.45) is 0 Å². The lowest BCUT2D eigenvalue weighted by molar-refractivity contribution is -0.147. The van der Waals surface area contributed by atoms with Crippen molar-refractivity contribution in [3.05, 3.63) is 39.8 Å². The minimum Gasteiger partial charge on any atom is -0.480 e. The van der Waals surface area contributed by atoms with Crippen LogP contribution in [0.3, 0.4) is 0 Å². The van der Waals surface area contributed by atoms with Gasteiger partial charge < -0.3 is 5.11 Å². The van der Waals surface area contributed by atoms with Crippen molar-refractivity contribution in [2.45, 2.75) is 32.5 Å². The standard InChI is InChI=1S/C14H13F3N2O3/c1-7-3-4-9-10(5-7)12(8(2)14(15,16)17)18-19(13(9)22)6-11(20)21/h3-5,8H,6H2,1-2H3,(H,20,21). The molecule has 0 bridgehead atoms. The van der Waals surface area contributed by atoms with Crippen molar-refractivity contribution in [3.8, 4) is 0 Å². The SMILES string of the molecule is Cc1ccc2c(=O)n(CC(=O)O)nc(C(C)C(F)(F)F)c2c1. The summed E-state index contributed by atoms with van der Waals surface area (Å²) in [6.45, 7) is 1.82. The number of nitrogens with zero attached hydrogens (tertiary/aromatic N) is 2. The van der Waals surface area contributed by atoms with E-state index in [1.54, 1.807) is 13.0 Å². The molecule has 0 radical (unpaired) electrons. The Morgan fingerprint density at radius 1 is 1.36 bits per heavy atom. The van der Waals surface area contributed by atoms with Crippen LogP contribution in [0.4, 0.5) is 13.2 Å². The third-order valence-corrected chi connectivity index (χ3v) is 3.33. The van der Waals surface area contributed by atoms with Crippen molar-refractivity contribution in [1.29, 1.82) is 0 Å². The van der Waals surface area contributed by atoms with Crippen LogP contribution in [0.15, 0.2) is 23.0 Å². The highest BCUT2D eigenvalue weighted by Gasteiger charge is 2.39. The number of fused-ring (bicyclic) bond motifs is 1. The summed E-state index contributed by atoms with van der Waals surface area (Å²) >= 11 is 0. The highest BCUT2D eigenvalue weighted by molar-refractivity contribution is 5.85. The minimum atomic E-state index is -4.55. The number of alkyl halides is 3. The van der Waals surface area contributed by atoms with Crippen molar-refractivity contribution in [1.82, 2.24) is 9.78 Å². The van der Waals surface area contributed by atoms with Gasteiger partial charge in [0.2, 0.25) is 0 Å². The zero-order valence-electron chi connectivity index (χ0n) is 11.8. The molecule has 2 aromatic rings. The monoisotopic (exact) mass is 314 g/mol. The number of aryl methyl sites for hydroxylation is 1. The van der Waals surface area contributed by atoms with Gasteiger partial charge in [-0.25, -0.2) is 4.68 Å². The molecule has 0 fully saturated rings. The predicted octanol–water partition coefficient (Wildman–Crippen LogP) is 2.46. The summed E-state index contributed by atoms with van der Waals surface area (Å²) in [5.74, 6) is -3.27. The number of halogens is 3. The molecule has 5 nitrogen and oxygen atoms in total. The van der Waals surface area contributed by atoms with Crippen LogP contribution in [-0.4, -0.2) is 27.0 Å². The fourth-order valence-electron chi connectivity index (χ4n) is 2.14. The summed E-state index contributed by atoms with van der Waals surface area (Å²) < 4.78 is 39.6. The van der Waals surface area contributed by atoms with Gasteiger partial charge in [0.25, 0.3) is 5.56 Å². The summed E-state index contributed by atoms with van der Waals surface area (Å²) in [5, 5.41) is 12.5. The van der Waals surface area contributed by atoms with Crippen LogP contribution in [0.5, 0.6) is 0 Å². The molecule has 0 aliphatic carbocycles. The molecule has 0 saturated carbocycles. The minimum absolute atomic E-state index is 0.0212. The Balaban J connectivity index is 2.82. The zero-order chi connectivity index (χ0) is 16.7. The summed E-state index contributed by atoms with van der Waals surface area (Å²) in [7, 11) is 0. The second-order valence-corrected chi connectivity index (χ2v) is 5.05. The lowest BCUT2D eigenvalue weighted by Crippen LogP contribution is -2.30. The molecule has 0 amide bonds. The number of carboxylic acid groups (broad SMARTS) is 1. The summed E-state index contributed by atoms with van der Waals surface area (Å²) in [4.78, 5) is 22.9. The van der Waals surface area contributed by atoms with E-state index in [0.717, 1.165) is 6.92 Å². The second-order valence-electron chi connectivity index (χ2n) is 5.05. The van der Waals surface area contributed by atoms with Crippen LogP contribution in [-0.2, 0) is 11.3 Å². The average Bonchev–Trinajstić information content (AvgIpc) is 2.39. The number of carboxylic acids is 1. The Morgan fingerprint density at radius 2 is 2.00 bits per heavy atom. The van der Waals surface area contributed by atoms with Gasteiger partial charge in [0.1, 0.15) is 6.54 Å². The van der Waals surface area contributed by atoms with Crippen LogP contribution >= 0.6 is 0 Å². The fraction of sp³-hybridized carbons (Fsp3) is 0.357. The Kier molecular flexibility index (Phi) is 3.95. The van der Waals surface area contributed by atoms with E-state index in [0.29, 0.717) is 10.2 Å². The molecule has 118 valence electrons. The van der Waals surface area contributed by atoms with E-state index in [4.69, 9.17) is 5.11 Å². The predicted molar refractivity (Wildman–Crippen MR) is 72.8 cm³/mol. The number of carbonyl (C=O) groups is 1. The van der Waals surface area contributed by atoms with Crippen LogP contribution in [0.2, 0.25) is 0 Å². The first-order valence-electron chi connectivity index (χ1n) is 6.41. The Labute approximate surface area is 123 Å². The van der Waals surface area contributed by atoms with Gasteiger partial charge in [-0.15, -0.1) is 0 Å².